The molecule has 0 aromatic carbocycles. The van der Waals surface area contributed by atoms with Crippen molar-refractivity contribution >= 4 is 22.6 Å². The summed E-state index contributed by atoms with van der Waals surface area (Å²) in [5.41, 5.74) is 1.11. The Hall–Kier alpha value is -1.02. The van der Waals surface area contributed by atoms with E-state index in [1.54, 1.807) is 10.9 Å². The van der Waals surface area contributed by atoms with Crippen molar-refractivity contribution in [2.45, 2.75) is 25.4 Å². The second-order valence-corrected chi connectivity index (χ2v) is 5.40. The van der Waals surface area contributed by atoms with Crippen LogP contribution in [0.4, 0.5) is 0 Å². The van der Waals surface area contributed by atoms with Crippen molar-refractivity contribution in [1.82, 2.24) is 25.1 Å². The van der Waals surface area contributed by atoms with Crippen LogP contribution in [0.25, 0.3) is 5.95 Å². The largest absolute Gasteiger partial charge is 0.310 e. The van der Waals surface area contributed by atoms with E-state index < -0.39 is 0 Å². The van der Waals surface area contributed by atoms with Crippen molar-refractivity contribution in [3.63, 3.8) is 0 Å². The minimum absolute atomic E-state index is 0.614. The van der Waals surface area contributed by atoms with E-state index in [-0.39, 0.29) is 0 Å². The van der Waals surface area contributed by atoms with Crippen LogP contribution in [0, 0.1) is 3.57 Å². The lowest BCUT2D eigenvalue weighted by atomic mass is 10.3. The van der Waals surface area contributed by atoms with Gasteiger partial charge in [-0.2, -0.15) is 5.10 Å². The molecule has 1 N–H and O–H groups in total. The van der Waals surface area contributed by atoms with Crippen molar-refractivity contribution in [2.75, 3.05) is 0 Å². The van der Waals surface area contributed by atoms with Crippen molar-refractivity contribution in [3.05, 3.63) is 33.9 Å². The fourth-order valence-corrected chi connectivity index (χ4v) is 1.91. The molecule has 0 amide bonds. The predicted octanol–water partition coefficient (Wildman–Crippen LogP) is 1.52. The van der Waals surface area contributed by atoms with Gasteiger partial charge < -0.3 is 5.32 Å². The van der Waals surface area contributed by atoms with Crippen LogP contribution in [0.5, 0.6) is 0 Å². The molecule has 17 heavy (non-hydrogen) atoms. The fraction of sp³-hybridized carbons (Fsp3) is 0.364. The number of rotatable bonds is 4. The minimum atomic E-state index is 0.614. The first-order chi connectivity index (χ1) is 8.31. The summed E-state index contributed by atoms with van der Waals surface area (Å²) in [4.78, 5) is 8.61. The number of nitrogens with one attached hydrogen (secondary N) is 1. The van der Waals surface area contributed by atoms with Gasteiger partial charge in [0.25, 0.3) is 0 Å². The van der Waals surface area contributed by atoms with E-state index in [4.69, 9.17) is 0 Å². The molecule has 0 saturated heterocycles. The van der Waals surface area contributed by atoms with Gasteiger partial charge in [-0.1, -0.05) is 0 Å². The van der Waals surface area contributed by atoms with Crippen LogP contribution in [0.3, 0.4) is 0 Å². The van der Waals surface area contributed by atoms with Gasteiger partial charge in [0.05, 0.1) is 9.77 Å². The normalized spacial score (nSPS) is 15.1. The summed E-state index contributed by atoms with van der Waals surface area (Å²) in [6.07, 6.45) is 9.98. The Kier molecular flexibility index (Phi) is 3.06. The smallest absolute Gasteiger partial charge is 0.250 e. The molecule has 88 valence electrons. The van der Waals surface area contributed by atoms with Gasteiger partial charge >= 0.3 is 0 Å². The third-order valence-corrected chi connectivity index (χ3v) is 3.18. The van der Waals surface area contributed by atoms with Crippen molar-refractivity contribution in [1.29, 1.82) is 0 Å². The highest BCUT2D eigenvalue weighted by atomic mass is 127. The van der Waals surface area contributed by atoms with Crippen LogP contribution in [0.1, 0.15) is 18.4 Å². The number of nitrogens with zero attached hydrogens (tertiary/aromatic N) is 4. The molecule has 2 aromatic rings. The van der Waals surface area contributed by atoms with E-state index >= 15 is 0 Å². The van der Waals surface area contributed by atoms with Gasteiger partial charge in [-0.15, -0.1) is 0 Å². The fourth-order valence-electron chi connectivity index (χ4n) is 1.52. The molecule has 0 aliphatic heterocycles. The molecule has 0 atom stereocenters. The molecule has 0 bridgehead atoms. The molecule has 1 saturated carbocycles. The molecule has 1 aliphatic carbocycles. The lowest BCUT2D eigenvalue weighted by molar-refractivity contribution is 0.680. The highest BCUT2D eigenvalue weighted by molar-refractivity contribution is 14.1. The average Bonchev–Trinajstić information content (AvgIpc) is 3.09. The molecule has 0 spiro atoms. The molecule has 1 aliphatic rings. The van der Waals surface area contributed by atoms with Crippen LogP contribution in [-0.4, -0.2) is 25.8 Å². The minimum Gasteiger partial charge on any atom is -0.310 e. The van der Waals surface area contributed by atoms with Crippen LogP contribution < -0.4 is 5.32 Å². The highest BCUT2D eigenvalue weighted by Gasteiger charge is 2.19. The molecule has 0 unspecified atom stereocenters. The topological polar surface area (TPSA) is 55.6 Å². The lowest BCUT2D eigenvalue weighted by Gasteiger charge is -2.03. The Labute approximate surface area is 113 Å². The number of hydrogen-bond acceptors (Lipinski definition) is 4. The van der Waals surface area contributed by atoms with Crippen molar-refractivity contribution in [2.24, 2.45) is 0 Å². The number of aromatic nitrogens is 4. The first-order valence-corrected chi connectivity index (χ1v) is 6.64. The van der Waals surface area contributed by atoms with E-state index in [0.717, 1.165) is 15.7 Å². The summed E-state index contributed by atoms with van der Waals surface area (Å²) < 4.78 is 2.76. The van der Waals surface area contributed by atoms with Gasteiger partial charge in [0.1, 0.15) is 0 Å². The van der Waals surface area contributed by atoms with Gasteiger partial charge in [-0.3, -0.25) is 0 Å². The summed E-state index contributed by atoms with van der Waals surface area (Å²) in [6.45, 7) is 0.849. The zero-order valence-corrected chi connectivity index (χ0v) is 11.3. The predicted molar refractivity (Wildman–Crippen MR) is 71.7 cm³/mol. The Bertz CT molecular complexity index is 503. The SMILES string of the molecule is Ic1cnn(-c2ncc(CNC3CC3)cn2)c1. The Morgan fingerprint density at radius 3 is 2.65 bits per heavy atom. The zero-order chi connectivity index (χ0) is 11.7. The second kappa shape index (κ2) is 4.69. The summed E-state index contributed by atoms with van der Waals surface area (Å²) in [6, 6.07) is 0.711. The maximum atomic E-state index is 4.31. The maximum Gasteiger partial charge on any atom is 0.250 e. The molecular weight excluding hydrogens is 329 g/mol. The van der Waals surface area contributed by atoms with Crippen LogP contribution in [0.15, 0.2) is 24.8 Å². The van der Waals surface area contributed by atoms with Crippen LogP contribution in [0.2, 0.25) is 0 Å². The Balaban J connectivity index is 1.70. The van der Waals surface area contributed by atoms with E-state index in [9.17, 15) is 0 Å². The molecule has 1 fully saturated rings. The van der Waals surface area contributed by atoms with Gasteiger partial charge in [0.15, 0.2) is 0 Å². The molecule has 2 aromatic heterocycles. The van der Waals surface area contributed by atoms with Gasteiger partial charge in [-0.25, -0.2) is 14.6 Å². The van der Waals surface area contributed by atoms with Crippen LogP contribution in [-0.2, 0) is 6.54 Å². The van der Waals surface area contributed by atoms with E-state index in [1.165, 1.54) is 12.8 Å². The molecule has 5 nitrogen and oxygen atoms in total. The first kappa shape index (κ1) is 11.1. The molecule has 0 radical (unpaired) electrons. The van der Waals surface area contributed by atoms with Gasteiger partial charge in [0.2, 0.25) is 5.95 Å². The van der Waals surface area contributed by atoms with Gasteiger partial charge in [-0.05, 0) is 35.4 Å². The first-order valence-electron chi connectivity index (χ1n) is 5.56. The third kappa shape index (κ3) is 2.81. The molecule has 3 rings (SSSR count). The Morgan fingerprint density at radius 1 is 1.29 bits per heavy atom. The average molecular weight is 341 g/mol. The standard InChI is InChI=1S/C11H12IN5/c12-9-6-16-17(7-9)11-14-4-8(5-15-11)3-13-10-1-2-10/h4-7,10,13H,1-3H2. The van der Waals surface area contributed by atoms with Crippen LogP contribution >= 0.6 is 22.6 Å². The summed E-state index contributed by atoms with van der Waals surface area (Å²) in [7, 11) is 0. The zero-order valence-electron chi connectivity index (χ0n) is 9.17. The monoisotopic (exact) mass is 341 g/mol. The lowest BCUT2D eigenvalue weighted by Crippen LogP contribution is -2.16. The van der Waals surface area contributed by atoms with E-state index in [1.807, 2.05) is 18.6 Å². The van der Waals surface area contributed by atoms with Gasteiger partial charge in [0, 0.05) is 36.7 Å². The summed E-state index contributed by atoms with van der Waals surface area (Å²) in [5, 5.41) is 7.60. The summed E-state index contributed by atoms with van der Waals surface area (Å²) >= 11 is 2.21. The molecular formula is C11H12IN5. The quantitative estimate of drug-likeness (QED) is 0.857. The summed E-state index contributed by atoms with van der Waals surface area (Å²) in [5.74, 6) is 0.614. The Morgan fingerprint density at radius 2 is 2.06 bits per heavy atom. The highest BCUT2D eigenvalue weighted by Crippen LogP contribution is 2.19. The van der Waals surface area contributed by atoms with Crippen molar-refractivity contribution in [3.8, 4) is 5.95 Å². The third-order valence-electron chi connectivity index (χ3n) is 2.62. The molecule has 2 heterocycles. The second-order valence-electron chi connectivity index (χ2n) is 4.15. The van der Waals surface area contributed by atoms with E-state index in [0.29, 0.717) is 12.0 Å². The number of hydrogen-bond donors (Lipinski definition) is 1. The van der Waals surface area contributed by atoms with E-state index in [2.05, 4.69) is 43.0 Å². The molecule has 6 heteroatoms. The maximum absolute atomic E-state index is 4.31. The number of halogens is 1. The van der Waals surface area contributed by atoms with Crippen molar-refractivity contribution < 1.29 is 0 Å².